The summed E-state index contributed by atoms with van der Waals surface area (Å²) in [4.78, 5) is 33.8. The number of aromatic nitrogens is 1. The summed E-state index contributed by atoms with van der Waals surface area (Å²) in [5.41, 5.74) is 4.29. The van der Waals surface area contributed by atoms with E-state index in [1.54, 1.807) is 44.1 Å². The number of esters is 1. The predicted octanol–water partition coefficient (Wildman–Crippen LogP) is 4.40. The minimum Gasteiger partial charge on any atom is -0.494 e. The van der Waals surface area contributed by atoms with E-state index < -0.39 is 5.97 Å². The maximum atomic E-state index is 12.2. The van der Waals surface area contributed by atoms with Crippen LogP contribution >= 0.6 is 0 Å². The second-order valence-corrected chi connectivity index (χ2v) is 8.16. The van der Waals surface area contributed by atoms with Gasteiger partial charge in [-0.3, -0.25) is 4.79 Å². The summed E-state index contributed by atoms with van der Waals surface area (Å²) < 4.78 is 5.10. The number of likely N-dealkylation sites (N-methyl/N-ethyl adjacent to an activating group) is 2. The maximum Gasteiger partial charge on any atom is 0.338 e. The molecule has 0 aliphatic heterocycles. The van der Waals surface area contributed by atoms with Gasteiger partial charge in [0.05, 0.1) is 35.7 Å². The highest BCUT2D eigenvalue weighted by Crippen LogP contribution is 2.32. The van der Waals surface area contributed by atoms with E-state index in [0.29, 0.717) is 28.0 Å². The first-order valence-electron chi connectivity index (χ1n) is 11.6. The number of rotatable bonds is 8. The van der Waals surface area contributed by atoms with Crippen LogP contribution in [0.25, 0.3) is 10.9 Å². The summed E-state index contributed by atoms with van der Waals surface area (Å²) in [7, 11) is 3.45. The van der Waals surface area contributed by atoms with Crippen molar-refractivity contribution in [3.63, 3.8) is 0 Å². The van der Waals surface area contributed by atoms with Crippen molar-refractivity contribution >= 4 is 39.9 Å². The number of carbonyl (C=O) groups excluding carboxylic acids is 2. The molecule has 0 saturated carbocycles. The molecule has 3 N–H and O–H groups in total. The van der Waals surface area contributed by atoms with E-state index in [4.69, 9.17) is 9.73 Å². The number of anilines is 1. The minimum absolute atomic E-state index is 0.0513. The van der Waals surface area contributed by atoms with Gasteiger partial charge in [0, 0.05) is 29.2 Å². The number of amides is 1. The Hall–Kier alpha value is -4.43. The van der Waals surface area contributed by atoms with Crippen molar-refractivity contribution in [2.45, 2.75) is 6.92 Å². The van der Waals surface area contributed by atoms with Crippen LogP contribution < -0.4 is 10.2 Å². The van der Waals surface area contributed by atoms with Crippen LogP contribution in [-0.2, 0) is 9.53 Å². The third-order valence-corrected chi connectivity index (χ3v) is 5.75. The van der Waals surface area contributed by atoms with Crippen LogP contribution in [0.4, 0.5) is 11.4 Å². The number of hydrogen-bond acceptors (Lipinski definition) is 6. The van der Waals surface area contributed by atoms with E-state index in [2.05, 4.69) is 10.3 Å². The van der Waals surface area contributed by atoms with Crippen LogP contribution in [0.5, 0.6) is 5.88 Å². The van der Waals surface area contributed by atoms with Crippen molar-refractivity contribution in [2.24, 2.45) is 4.99 Å². The summed E-state index contributed by atoms with van der Waals surface area (Å²) in [5.74, 6) is -0.530. The van der Waals surface area contributed by atoms with Crippen molar-refractivity contribution in [3.8, 4) is 5.88 Å². The molecule has 0 saturated heterocycles. The average molecular weight is 485 g/mol. The van der Waals surface area contributed by atoms with Crippen LogP contribution in [-0.4, -0.2) is 54.9 Å². The molecule has 0 aliphatic rings. The first-order chi connectivity index (χ1) is 17.4. The van der Waals surface area contributed by atoms with E-state index in [0.717, 1.165) is 16.6 Å². The second kappa shape index (κ2) is 10.9. The predicted molar refractivity (Wildman–Crippen MR) is 141 cm³/mol. The molecule has 0 unspecified atom stereocenters. The van der Waals surface area contributed by atoms with Gasteiger partial charge in [0.25, 0.3) is 0 Å². The van der Waals surface area contributed by atoms with E-state index >= 15 is 0 Å². The molecule has 184 valence electrons. The number of nitrogens with one attached hydrogen (secondary N) is 2. The Labute approximate surface area is 209 Å². The lowest BCUT2D eigenvalue weighted by molar-refractivity contribution is -0.117. The summed E-state index contributed by atoms with van der Waals surface area (Å²) in [6, 6.07) is 22.0. The Morgan fingerprint density at radius 3 is 2.42 bits per heavy atom. The van der Waals surface area contributed by atoms with E-state index in [9.17, 15) is 14.7 Å². The molecule has 4 rings (SSSR count). The number of aromatic hydroxyl groups is 1. The normalized spacial score (nSPS) is 11.5. The monoisotopic (exact) mass is 484 g/mol. The van der Waals surface area contributed by atoms with Gasteiger partial charge in [-0.2, -0.15) is 0 Å². The van der Waals surface area contributed by atoms with Gasteiger partial charge < -0.3 is 25.0 Å². The molecule has 8 nitrogen and oxygen atoms in total. The molecule has 1 aromatic heterocycles. The number of aromatic amines is 1. The number of hydrogen-bond donors (Lipinski definition) is 3. The largest absolute Gasteiger partial charge is 0.494 e. The molecule has 0 aliphatic carbocycles. The second-order valence-electron chi connectivity index (χ2n) is 8.16. The highest BCUT2D eigenvalue weighted by atomic mass is 16.5. The summed E-state index contributed by atoms with van der Waals surface area (Å²) in [6.07, 6.45) is 0. The number of benzene rings is 3. The third-order valence-electron chi connectivity index (χ3n) is 5.75. The topological polar surface area (TPSA) is 107 Å². The first-order valence-corrected chi connectivity index (χ1v) is 11.6. The van der Waals surface area contributed by atoms with Crippen LogP contribution in [0.2, 0.25) is 0 Å². The maximum absolute atomic E-state index is 12.2. The molecule has 1 amide bonds. The molecule has 3 aromatic carbocycles. The number of aliphatic imine (C=N–C) groups is 1. The van der Waals surface area contributed by atoms with Crippen LogP contribution in [0.15, 0.2) is 77.8 Å². The molecular formula is C28H28N4O4. The van der Waals surface area contributed by atoms with Gasteiger partial charge in [-0.1, -0.05) is 36.4 Å². The summed E-state index contributed by atoms with van der Waals surface area (Å²) in [6.45, 7) is 2.27. The molecule has 0 atom stereocenters. The van der Waals surface area contributed by atoms with Gasteiger partial charge in [0.2, 0.25) is 5.91 Å². The van der Waals surface area contributed by atoms with Crippen molar-refractivity contribution in [1.29, 1.82) is 0 Å². The van der Waals surface area contributed by atoms with Crippen molar-refractivity contribution in [3.05, 3.63) is 89.5 Å². The van der Waals surface area contributed by atoms with Gasteiger partial charge in [-0.15, -0.1) is 0 Å². The number of H-pyrrole nitrogens is 1. The van der Waals surface area contributed by atoms with E-state index in [1.807, 2.05) is 54.6 Å². The molecule has 1 heterocycles. The smallest absolute Gasteiger partial charge is 0.338 e. The zero-order valence-electron chi connectivity index (χ0n) is 20.4. The van der Waals surface area contributed by atoms with Gasteiger partial charge in [0.15, 0.2) is 5.88 Å². The fraction of sp³-hybridized carbons (Fsp3) is 0.179. The standard InChI is InChI=1S/C28H28N4O4/c1-4-36-28(35)19-10-15-22-23(16-19)31-27(34)25(22)26(18-8-6-5-7-9-18)30-20-11-13-21(14-12-20)32(3)24(33)17-29-2/h5-16,29,31,34H,4,17H2,1-3H3. The summed E-state index contributed by atoms with van der Waals surface area (Å²) in [5, 5.41) is 14.5. The highest BCUT2D eigenvalue weighted by Gasteiger charge is 2.20. The fourth-order valence-electron chi connectivity index (χ4n) is 3.92. The Morgan fingerprint density at radius 2 is 1.75 bits per heavy atom. The molecule has 0 fully saturated rings. The Balaban J connectivity index is 1.78. The molecular weight excluding hydrogens is 456 g/mol. The molecule has 0 spiro atoms. The van der Waals surface area contributed by atoms with Crippen LogP contribution in [0.3, 0.4) is 0 Å². The lowest BCUT2D eigenvalue weighted by Gasteiger charge is -2.17. The quantitative estimate of drug-likeness (QED) is 0.254. The molecule has 36 heavy (non-hydrogen) atoms. The lowest BCUT2D eigenvalue weighted by Crippen LogP contribution is -2.33. The third kappa shape index (κ3) is 5.13. The average Bonchev–Trinajstić information content (AvgIpc) is 3.22. The van der Waals surface area contributed by atoms with Crippen LogP contribution in [0.1, 0.15) is 28.4 Å². The number of nitrogens with zero attached hydrogens (tertiary/aromatic N) is 2. The van der Waals surface area contributed by atoms with E-state index in [1.165, 1.54) is 0 Å². The molecule has 4 aromatic rings. The zero-order chi connectivity index (χ0) is 25.7. The molecule has 8 heteroatoms. The number of carbonyl (C=O) groups is 2. The Kier molecular flexibility index (Phi) is 7.46. The van der Waals surface area contributed by atoms with E-state index in [-0.39, 0.29) is 24.9 Å². The summed E-state index contributed by atoms with van der Waals surface area (Å²) >= 11 is 0. The number of fused-ring (bicyclic) bond motifs is 1. The van der Waals surface area contributed by atoms with Gasteiger partial charge in [-0.05, 0) is 50.4 Å². The number of ether oxygens (including phenoxy) is 1. The highest BCUT2D eigenvalue weighted by molar-refractivity contribution is 6.22. The molecule has 0 radical (unpaired) electrons. The first kappa shape index (κ1) is 24.7. The molecule has 0 bridgehead atoms. The fourth-order valence-corrected chi connectivity index (χ4v) is 3.92. The lowest BCUT2D eigenvalue weighted by atomic mass is 10.00. The Morgan fingerprint density at radius 1 is 1.03 bits per heavy atom. The van der Waals surface area contributed by atoms with Gasteiger partial charge >= 0.3 is 5.97 Å². The minimum atomic E-state index is -0.426. The van der Waals surface area contributed by atoms with Crippen LogP contribution in [0, 0.1) is 0 Å². The van der Waals surface area contributed by atoms with Gasteiger partial charge in [0.1, 0.15) is 0 Å². The zero-order valence-corrected chi connectivity index (χ0v) is 20.4. The van der Waals surface area contributed by atoms with Crippen molar-refractivity contribution in [2.75, 3.05) is 32.1 Å². The van der Waals surface area contributed by atoms with Crippen molar-refractivity contribution < 1.29 is 19.4 Å². The Bertz CT molecular complexity index is 1410. The van der Waals surface area contributed by atoms with Gasteiger partial charge in [-0.25, -0.2) is 9.79 Å². The van der Waals surface area contributed by atoms with Crippen molar-refractivity contribution in [1.82, 2.24) is 10.3 Å². The SMILES string of the molecule is CCOC(=O)c1ccc2c(C(=Nc3ccc(N(C)C(=O)CNC)cc3)c3ccccc3)c(O)[nH]c2c1.